The Hall–Kier alpha value is -5.57. The van der Waals surface area contributed by atoms with Crippen molar-refractivity contribution < 1.29 is 42.9 Å². The standard InChI is InChI=1S/C36H32O9/c1-3-42-34(40)36(35(41)43-4-2,27-15-9-6-10-16-27)24-44-31(37)23-25-19-21-28(22-20-25)45-33(39)30-18-12-11-17-29(30)32(38)26-13-7-5-8-14-26/h5-22H,3-4,23-24H2,1-2H3. The Kier molecular flexibility index (Phi) is 11.0. The molecular weight excluding hydrogens is 576 g/mol. The summed E-state index contributed by atoms with van der Waals surface area (Å²) in [6.45, 7) is 2.60. The first-order valence-corrected chi connectivity index (χ1v) is 14.4. The first-order valence-electron chi connectivity index (χ1n) is 14.4. The average Bonchev–Trinajstić information content (AvgIpc) is 3.07. The van der Waals surface area contributed by atoms with E-state index in [1.165, 1.54) is 18.2 Å². The molecule has 0 heterocycles. The van der Waals surface area contributed by atoms with E-state index in [2.05, 4.69) is 0 Å². The largest absolute Gasteiger partial charge is 0.465 e. The van der Waals surface area contributed by atoms with Gasteiger partial charge in [0.25, 0.3) is 0 Å². The van der Waals surface area contributed by atoms with E-state index in [4.69, 9.17) is 18.9 Å². The van der Waals surface area contributed by atoms with E-state index in [9.17, 15) is 24.0 Å². The van der Waals surface area contributed by atoms with Crippen molar-refractivity contribution in [2.45, 2.75) is 25.7 Å². The van der Waals surface area contributed by atoms with Crippen LogP contribution in [-0.2, 0) is 40.4 Å². The fourth-order valence-corrected chi connectivity index (χ4v) is 4.60. The maximum Gasteiger partial charge on any atom is 0.344 e. The zero-order chi connectivity index (χ0) is 32.2. The third kappa shape index (κ3) is 7.69. The lowest BCUT2D eigenvalue weighted by atomic mass is 9.81. The van der Waals surface area contributed by atoms with Crippen LogP contribution in [0.15, 0.2) is 109 Å². The highest BCUT2D eigenvalue weighted by atomic mass is 16.6. The molecule has 0 radical (unpaired) electrons. The fourth-order valence-electron chi connectivity index (χ4n) is 4.60. The quantitative estimate of drug-likeness (QED) is 0.0655. The Labute approximate surface area is 260 Å². The molecule has 9 nitrogen and oxygen atoms in total. The molecule has 9 heteroatoms. The van der Waals surface area contributed by atoms with Gasteiger partial charge >= 0.3 is 23.9 Å². The van der Waals surface area contributed by atoms with Crippen molar-refractivity contribution in [1.82, 2.24) is 0 Å². The number of benzene rings is 4. The molecule has 0 aromatic heterocycles. The molecule has 4 aromatic rings. The first-order chi connectivity index (χ1) is 21.8. The highest BCUT2D eigenvalue weighted by Gasteiger charge is 2.52. The Balaban J connectivity index is 1.44. The molecule has 0 atom stereocenters. The summed E-state index contributed by atoms with van der Waals surface area (Å²) in [5.74, 6) is -3.30. The number of carbonyl (C=O) groups is 5. The van der Waals surface area contributed by atoms with Crippen LogP contribution < -0.4 is 4.74 Å². The summed E-state index contributed by atoms with van der Waals surface area (Å²) in [6.07, 6.45) is -0.195. The van der Waals surface area contributed by atoms with Gasteiger partial charge in [0.15, 0.2) is 5.78 Å². The summed E-state index contributed by atoms with van der Waals surface area (Å²) in [5.41, 5.74) is -0.432. The highest BCUT2D eigenvalue weighted by Crippen LogP contribution is 2.29. The minimum absolute atomic E-state index is 0.00656. The second-order valence-electron chi connectivity index (χ2n) is 9.82. The Morgan fingerprint density at radius 2 is 1.13 bits per heavy atom. The minimum Gasteiger partial charge on any atom is -0.465 e. The molecule has 0 spiro atoms. The average molecular weight is 609 g/mol. The molecule has 45 heavy (non-hydrogen) atoms. The van der Waals surface area contributed by atoms with Crippen molar-refractivity contribution in [1.29, 1.82) is 0 Å². The molecule has 0 saturated heterocycles. The van der Waals surface area contributed by atoms with Crippen molar-refractivity contribution in [2.24, 2.45) is 0 Å². The van der Waals surface area contributed by atoms with Gasteiger partial charge in [0.2, 0.25) is 5.41 Å². The van der Waals surface area contributed by atoms with Gasteiger partial charge in [-0.3, -0.25) is 19.2 Å². The number of hydrogen-bond acceptors (Lipinski definition) is 9. The van der Waals surface area contributed by atoms with E-state index in [0.717, 1.165) is 0 Å². The van der Waals surface area contributed by atoms with E-state index >= 15 is 0 Å². The summed E-state index contributed by atoms with van der Waals surface area (Å²) < 4.78 is 21.4. The van der Waals surface area contributed by atoms with Gasteiger partial charge in [0.1, 0.15) is 12.4 Å². The van der Waals surface area contributed by atoms with Gasteiger partial charge in [-0.2, -0.15) is 0 Å². The third-order valence-electron chi connectivity index (χ3n) is 6.87. The molecule has 0 aliphatic rings. The van der Waals surface area contributed by atoms with Crippen LogP contribution in [0, 0.1) is 0 Å². The molecule has 0 aliphatic carbocycles. The number of hydrogen-bond donors (Lipinski definition) is 0. The lowest BCUT2D eigenvalue weighted by Crippen LogP contribution is -2.50. The predicted octanol–water partition coefficient (Wildman–Crippen LogP) is 5.29. The van der Waals surface area contributed by atoms with Gasteiger partial charge in [-0.15, -0.1) is 0 Å². The molecule has 0 amide bonds. The van der Waals surface area contributed by atoms with Crippen LogP contribution in [0.5, 0.6) is 5.75 Å². The summed E-state index contributed by atoms with van der Waals surface area (Å²) >= 11 is 0. The Bertz CT molecular complexity index is 1630. The Morgan fingerprint density at radius 3 is 1.71 bits per heavy atom. The van der Waals surface area contributed by atoms with Crippen molar-refractivity contribution in [2.75, 3.05) is 19.8 Å². The maximum atomic E-state index is 13.1. The first kappa shape index (κ1) is 32.3. The molecule has 230 valence electrons. The number of rotatable bonds is 13. The van der Waals surface area contributed by atoms with Crippen LogP contribution in [0.2, 0.25) is 0 Å². The van der Waals surface area contributed by atoms with Crippen LogP contribution in [-0.4, -0.2) is 49.5 Å². The minimum atomic E-state index is -2.00. The second kappa shape index (κ2) is 15.2. The van der Waals surface area contributed by atoms with Crippen LogP contribution in [0.25, 0.3) is 0 Å². The SMILES string of the molecule is CCOC(=O)C(COC(=O)Cc1ccc(OC(=O)c2ccccc2C(=O)c2ccccc2)cc1)(C(=O)OCC)c1ccccc1. The zero-order valence-electron chi connectivity index (χ0n) is 24.9. The van der Waals surface area contributed by atoms with Crippen molar-refractivity contribution in [3.05, 3.63) is 137 Å². The van der Waals surface area contributed by atoms with E-state index in [1.54, 1.807) is 105 Å². The molecule has 0 aliphatic heterocycles. The predicted molar refractivity (Wildman–Crippen MR) is 164 cm³/mol. The van der Waals surface area contributed by atoms with Gasteiger partial charge in [-0.05, 0) is 43.2 Å². The van der Waals surface area contributed by atoms with Crippen LogP contribution in [0.1, 0.15) is 51.3 Å². The smallest absolute Gasteiger partial charge is 0.344 e. The van der Waals surface area contributed by atoms with E-state index in [0.29, 0.717) is 11.1 Å². The van der Waals surface area contributed by atoms with Crippen LogP contribution >= 0.6 is 0 Å². The fraction of sp³-hybridized carbons (Fsp3) is 0.194. The number of carbonyl (C=O) groups excluding carboxylic acids is 5. The highest BCUT2D eigenvalue weighted by molar-refractivity contribution is 6.14. The molecule has 0 fully saturated rings. The summed E-state index contributed by atoms with van der Waals surface area (Å²) in [7, 11) is 0. The monoisotopic (exact) mass is 608 g/mol. The van der Waals surface area contributed by atoms with E-state index in [-0.39, 0.29) is 47.9 Å². The lowest BCUT2D eigenvalue weighted by Gasteiger charge is -2.29. The van der Waals surface area contributed by atoms with Gasteiger partial charge in [0.05, 0.1) is 25.2 Å². The molecule has 0 saturated carbocycles. The molecular formula is C36H32O9. The van der Waals surface area contributed by atoms with Gasteiger partial charge in [-0.1, -0.05) is 91.0 Å². The second-order valence-corrected chi connectivity index (χ2v) is 9.82. The van der Waals surface area contributed by atoms with Crippen LogP contribution in [0.3, 0.4) is 0 Å². The summed E-state index contributed by atoms with van der Waals surface area (Å²) in [5, 5.41) is 0. The third-order valence-corrected chi connectivity index (χ3v) is 6.87. The molecule has 0 unspecified atom stereocenters. The summed E-state index contributed by atoms with van der Waals surface area (Å²) in [4.78, 5) is 65.2. The molecule has 0 N–H and O–H groups in total. The van der Waals surface area contributed by atoms with Crippen molar-refractivity contribution in [3.8, 4) is 5.75 Å². The molecule has 0 bridgehead atoms. The topological polar surface area (TPSA) is 122 Å². The van der Waals surface area contributed by atoms with E-state index in [1.807, 2.05) is 0 Å². The molecule has 4 rings (SSSR count). The number of ether oxygens (including phenoxy) is 4. The number of ketones is 1. The van der Waals surface area contributed by atoms with Crippen LogP contribution in [0.4, 0.5) is 0 Å². The van der Waals surface area contributed by atoms with Crippen molar-refractivity contribution in [3.63, 3.8) is 0 Å². The van der Waals surface area contributed by atoms with E-state index < -0.39 is 35.9 Å². The lowest BCUT2D eigenvalue weighted by molar-refractivity contribution is -0.170. The Morgan fingerprint density at radius 1 is 0.600 bits per heavy atom. The molecule has 4 aromatic carbocycles. The normalized spacial score (nSPS) is 10.8. The van der Waals surface area contributed by atoms with Crippen molar-refractivity contribution >= 4 is 29.7 Å². The maximum absolute atomic E-state index is 13.1. The van der Waals surface area contributed by atoms with Gasteiger partial charge in [0, 0.05) is 11.1 Å². The number of esters is 4. The summed E-state index contributed by atoms with van der Waals surface area (Å²) in [6, 6.07) is 29.3. The zero-order valence-corrected chi connectivity index (χ0v) is 24.9. The van der Waals surface area contributed by atoms with Gasteiger partial charge in [-0.25, -0.2) is 4.79 Å². The van der Waals surface area contributed by atoms with Gasteiger partial charge < -0.3 is 18.9 Å².